The summed E-state index contributed by atoms with van der Waals surface area (Å²) < 4.78 is 6.99. The summed E-state index contributed by atoms with van der Waals surface area (Å²) in [6, 6.07) is 8.70. The van der Waals surface area contributed by atoms with Crippen LogP contribution in [0.3, 0.4) is 0 Å². The molecule has 0 atom stereocenters. The van der Waals surface area contributed by atoms with Gasteiger partial charge in [0.25, 0.3) is 0 Å². The molecular weight excluding hydrogens is 275 g/mol. The second-order valence-electron chi connectivity index (χ2n) is 2.85. The molecule has 76 valence electrons. The van der Waals surface area contributed by atoms with E-state index >= 15 is 0 Å². The summed E-state index contributed by atoms with van der Waals surface area (Å²) in [6.07, 6.45) is 0. The maximum absolute atomic E-state index is 5.43. The first-order valence-corrected chi connectivity index (χ1v) is 12.1. The van der Waals surface area contributed by atoms with Crippen molar-refractivity contribution in [1.29, 1.82) is 0 Å². The molecule has 1 fully saturated rings. The predicted molar refractivity (Wildman–Crippen MR) is 67.9 cm³/mol. The van der Waals surface area contributed by atoms with Crippen LogP contribution in [-0.4, -0.2) is 30.5 Å². The summed E-state index contributed by atoms with van der Waals surface area (Å²) in [5.74, 6) is 3.69. The molecule has 0 aromatic heterocycles. The third-order valence-corrected chi connectivity index (χ3v) is 15.6. The van der Waals surface area contributed by atoms with E-state index in [1.54, 1.807) is 4.35 Å². The van der Waals surface area contributed by atoms with Crippen LogP contribution in [0.25, 0.3) is 0 Å². The fourth-order valence-electron chi connectivity index (χ4n) is 1.26. The van der Waals surface area contributed by atoms with Crippen LogP contribution in [0.15, 0.2) is 24.3 Å². The molecule has 0 radical (unpaired) electrons. The monoisotopic (exact) mass is 288 g/mol. The Morgan fingerprint density at radius 3 is 2.43 bits per heavy atom. The number of hydrogen-bond acceptors (Lipinski definition) is 3. The van der Waals surface area contributed by atoms with Gasteiger partial charge in [0.1, 0.15) is 0 Å². The van der Waals surface area contributed by atoms with Crippen LogP contribution in [0.4, 0.5) is 0 Å². The Balaban J connectivity index is 2.05. The van der Waals surface area contributed by atoms with Gasteiger partial charge in [0.15, 0.2) is 0 Å². The van der Waals surface area contributed by atoms with Gasteiger partial charge in [0.2, 0.25) is 0 Å². The Kier molecular flexibility index (Phi) is 4.15. The SMILES string of the molecule is CCOc1ccc([As]2SCCS2)cc1. The fraction of sp³-hybridized carbons (Fsp3) is 0.400. The molecule has 1 heterocycles. The van der Waals surface area contributed by atoms with E-state index in [1.165, 1.54) is 11.5 Å². The van der Waals surface area contributed by atoms with Gasteiger partial charge in [-0.15, -0.1) is 0 Å². The van der Waals surface area contributed by atoms with Crippen LogP contribution >= 0.6 is 20.0 Å². The number of rotatable bonds is 3. The molecular formula is C10H13AsOS2. The molecule has 2 rings (SSSR count). The zero-order valence-corrected chi connectivity index (χ0v) is 11.6. The molecule has 0 unspecified atom stereocenters. The van der Waals surface area contributed by atoms with E-state index in [9.17, 15) is 0 Å². The number of hydrogen-bond donors (Lipinski definition) is 0. The van der Waals surface area contributed by atoms with Crippen LogP contribution in [-0.2, 0) is 0 Å². The van der Waals surface area contributed by atoms with Crippen LogP contribution in [0.1, 0.15) is 6.92 Å². The van der Waals surface area contributed by atoms with Crippen LogP contribution < -0.4 is 9.09 Å². The van der Waals surface area contributed by atoms with Gasteiger partial charge in [-0.2, -0.15) is 0 Å². The molecule has 0 bridgehead atoms. The van der Waals surface area contributed by atoms with Gasteiger partial charge in [-0.1, -0.05) is 0 Å². The predicted octanol–water partition coefficient (Wildman–Crippen LogP) is 2.26. The van der Waals surface area contributed by atoms with Gasteiger partial charge >= 0.3 is 96.5 Å². The molecule has 0 N–H and O–H groups in total. The average molecular weight is 288 g/mol. The van der Waals surface area contributed by atoms with Crippen molar-refractivity contribution in [1.82, 2.24) is 0 Å². The van der Waals surface area contributed by atoms with Crippen molar-refractivity contribution in [2.24, 2.45) is 0 Å². The second kappa shape index (κ2) is 5.39. The van der Waals surface area contributed by atoms with E-state index in [2.05, 4.69) is 44.3 Å². The van der Waals surface area contributed by atoms with Gasteiger partial charge in [0.05, 0.1) is 0 Å². The topological polar surface area (TPSA) is 9.23 Å². The molecule has 1 saturated heterocycles. The first kappa shape index (κ1) is 10.8. The zero-order chi connectivity index (χ0) is 9.80. The van der Waals surface area contributed by atoms with Gasteiger partial charge in [-0.05, 0) is 0 Å². The van der Waals surface area contributed by atoms with E-state index in [4.69, 9.17) is 4.74 Å². The minimum atomic E-state index is -0.769. The second-order valence-corrected chi connectivity index (χ2v) is 14.6. The zero-order valence-electron chi connectivity index (χ0n) is 8.10. The van der Waals surface area contributed by atoms with E-state index in [0.29, 0.717) is 0 Å². The summed E-state index contributed by atoms with van der Waals surface area (Å²) in [5.41, 5.74) is 0. The van der Waals surface area contributed by atoms with Crippen molar-refractivity contribution in [2.45, 2.75) is 6.92 Å². The molecule has 1 aliphatic rings. The van der Waals surface area contributed by atoms with Crippen molar-refractivity contribution >= 4 is 36.7 Å². The summed E-state index contributed by atoms with van der Waals surface area (Å²) in [5, 5.41) is 0. The summed E-state index contributed by atoms with van der Waals surface area (Å²) in [4.78, 5) is 0. The summed E-state index contributed by atoms with van der Waals surface area (Å²) in [6.45, 7) is 2.77. The summed E-state index contributed by atoms with van der Waals surface area (Å²) in [7, 11) is 4.37. The molecule has 4 heteroatoms. The third-order valence-electron chi connectivity index (χ3n) is 1.86. The first-order chi connectivity index (χ1) is 6.90. The van der Waals surface area contributed by atoms with Gasteiger partial charge in [-0.3, -0.25) is 0 Å². The molecule has 1 aromatic carbocycles. The van der Waals surface area contributed by atoms with Gasteiger partial charge in [0, 0.05) is 0 Å². The Hall–Kier alpha value is 0.278. The van der Waals surface area contributed by atoms with Crippen molar-refractivity contribution in [2.75, 3.05) is 18.1 Å². The van der Waals surface area contributed by atoms with E-state index in [0.717, 1.165) is 12.4 Å². The van der Waals surface area contributed by atoms with E-state index in [1.807, 2.05) is 6.92 Å². The van der Waals surface area contributed by atoms with Crippen LogP contribution in [0, 0.1) is 0 Å². The van der Waals surface area contributed by atoms with Crippen molar-refractivity contribution in [3.8, 4) is 5.75 Å². The first-order valence-electron chi connectivity index (χ1n) is 4.69. The normalized spacial score (nSPS) is 17.2. The third kappa shape index (κ3) is 2.65. The molecule has 0 amide bonds. The molecule has 0 aliphatic carbocycles. The number of ether oxygens (including phenoxy) is 1. The molecule has 1 aliphatic heterocycles. The van der Waals surface area contributed by atoms with E-state index in [-0.39, 0.29) is 0 Å². The Labute approximate surface area is 96.2 Å². The molecule has 14 heavy (non-hydrogen) atoms. The van der Waals surface area contributed by atoms with E-state index < -0.39 is 12.3 Å². The number of benzene rings is 1. The standard InChI is InChI=1S/C10H13AsOS2/c1-2-12-10-5-3-9(4-6-10)11-13-7-8-14-11/h3-6H,2,7-8H2,1H3. The molecule has 1 nitrogen and oxygen atoms in total. The van der Waals surface area contributed by atoms with Crippen LogP contribution in [0.2, 0.25) is 0 Å². The average Bonchev–Trinajstić information content (AvgIpc) is 2.72. The molecule has 0 spiro atoms. The maximum atomic E-state index is 5.43. The van der Waals surface area contributed by atoms with Gasteiger partial charge < -0.3 is 0 Å². The van der Waals surface area contributed by atoms with Crippen molar-refractivity contribution < 1.29 is 4.74 Å². The quantitative estimate of drug-likeness (QED) is 0.790. The Morgan fingerprint density at radius 1 is 1.21 bits per heavy atom. The van der Waals surface area contributed by atoms with Crippen LogP contribution in [0.5, 0.6) is 5.75 Å². The summed E-state index contributed by atoms with van der Waals surface area (Å²) >= 11 is -0.769. The van der Waals surface area contributed by atoms with Crippen molar-refractivity contribution in [3.63, 3.8) is 0 Å². The fourth-order valence-corrected chi connectivity index (χ4v) is 15.4. The minimum absolute atomic E-state index is 0.754. The Bertz CT molecular complexity index is 283. The molecule has 1 aromatic rings. The van der Waals surface area contributed by atoms with Crippen molar-refractivity contribution in [3.05, 3.63) is 24.3 Å². The Morgan fingerprint density at radius 2 is 1.86 bits per heavy atom. The molecule has 0 saturated carbocycles. The van der Waals surface area contributed by atoms with Gasteiger partial charge in [-0.25, -0.2) is 0 Å².